The molecule has 3 atom stereocenters. The van der Waals surface area contributed by atoms with Crippen molar-refractivity contribution in [1.29, 1.82) is 0 Å². The zero-order valence-electron chi connectivity index (χ0n) is 11.5. The van der Waals surface area contributed by atoms with Gasteiger partial charge in [-0.2, -0.15) is 0 Å². The van der Waals surface area contributed by atoms with E-state index in [2.05, 4.69) is 26.1 Å². The SMILES string of the molecule is CCC1(C)CSC(=NC2CCCCCC2C)N1. The summed E-state index contributed by atoms with van der Waals surface area (Å²) in [6.45, 7) is 6.93. The lowest BCUT2D eigenvalue weighted by atomic mass is 9.98. The molecule has 0 radical (unpaired) electrons. The molecular formula is C14H26N2S. The van der Waals surface area contributed by atoms with Crippen LogP contribution in [0.4, 0.5) is 0 Å². The molecule has 3 unspecified atom stereocenters. The van der Waals surface area contributed by atoms with Crippen LogP contribution < -0.4 is 5.32 Å². The third-order valence-corrected chi connectivity index (χ3v) is 5.58. The maximum atomic E-state index is 4.99. The minimum absolute atomic E-state index is 0.275. The molecule has 0 bridgehead atoms. The quantitative estimate of drug-likeness (QED) is 0.758. The second-order valence-corrected chi connectivity index (χ2v) is 6.91. The van der Waals surface area contributed by atoms with E-state index in [1.54, 1.807) is 0 Å². The summed E-state index contributed by atoms with van der Waals surface area (Å²) >= 11 is 1.92. The first kappa shape index (κ1) is 13.3. The fraction of sp³-hybridized carbons (Fsp3) is 0.929. The van der Waals surface area contributed by atoms with E-state index in [0.29, 0.717) is 6.04 Å². The summed E-state index contributed by atoms with van der Waals surface area (Å²) in [6, 6.07) is 0.562. The number of nitrogens with one attached hydrogen (secondary N) is 1. The molecule has 1 saturated carbocycles. The van der Waals surface area contributed by atoms with E-state index < -0.39 is 0 Å². The maximum absolute atomic E-state index is 4.99. The van der Waals surface area contributed by atoms with Gasteiger partial charge in [0.05, 0.1) is 6.04 Å². The van der Waals surface area contributed by atoms with Crippen molar-refractivity contribution in [3.05, 3.63) is 0 Å². The van der Waals surface area contributed by atoms with Crippen molar-refractivity contribution in [2.24, 2.45) is 10.9 Å². The fourth-order valence-corrected chi connectivity index (χ4v) is 3.89. The molecule has 0 aromatic carbocycles. The number of hydrogen-bond acceptors (Lipinski definition) is 2. The smallest absolute Gasteiger partial charge is 0.157 e. The van der Waals surface area contributed by atoms with E-state index in [1.165, 1.54) is 49.4 Å². The Morgan fingerprint density at radius 1 is 1.35 bits per heavy atom. The van der Waals surface area contributed by atoms with Gasteiger partial charge in [0.2, 0.25) is 0 Å². The second-order valence-electron chi connectivity index (χ2n) is 5.94. The van der Waals surface area contributed by atoms with Gasteiger partial charge in [0, 0.05) is 11.3 Å². The summed E-state index contributed by atoms with van der Waals surface area (Å²) < 4.78 is 0. The van der Waals surface area contributed by atoms with Gasteiger partial charge in [-0.25, -0.2) is 0 Å². The van der Waals surface area contributed by atoms with Gasteiger partial charge in [0.15, 0.2) is 5.17 Å². The van der Waals surface area contributed by atoms with Crippen LogP contribution in [-0.2, 0) is 0 Å². The first-order chi connectivity index (χ1) is 8.13. The number of thioether (sulfide) groups is 1. The van der Waals surface area contributed by atoms with Crippen LogP contribution in [0.5, 0.6) is 0 Å². The Labute approximate surface area is 110 Å². The van der Waals surface area contributed by atoms with E-state index in [1.807, 2.05) is 11.8 Å². The van der Waals surface area contributed by atoms with Crippen LogP contribution in [-0.4, -0.2) is 22.5 Å². The number of rotatable bonds is 2. The van der Waals surface area contributed by atoms with Gasteiger partial charge >= 0.3 is 0 Å². The highest BCUT2D eigenvalue weighted by molar-refractivity contribution is 8.14. The van der Waals surface area contributed by atoms with Crippen molar-refractivity contribution in [2.45, 2.75) is 70.9 Å². The summed E-state index contributed by atoms with van der Waals surface area (Å²) in [4.78, 5) is 4.99. The van der Waals surface area contributed by atoms with Gasteiger partial charge in [-0.3, -0.25) is 4.99 Å². The molecule has 0 spiro atoms. The first-order valence-electron chi connectivity index (χ1n) is 7.12. The molecule has 1 saturated heterocycles. The average Bonchev–Trinajstić information content (AvgIpc) is 2.57. The standard InChI is InChI=1S/C14H26N2S/c1-4-14(3)10-17-13(16-14)15-12-9-7-5-6-8-11(12)2/h11-12H,4-10H2,1-3H3,(H,15,16). The van der Waals surface area contributed by atoms with Gasteiger partial charge in [0.25, 0.3) is 0 Å². The van der Waals surface area contributed by atoms with E-state index in [9.17, 15) is 0 Å². The lowest BCUT2D eigenvalue weighted by molar-refractivity contribution is 0.428. The molecule has 2 aliphatic rings. The summed E-state index contributed by atoms with van der Waals surface area (Å²) in [5.74, 6) is 1.93. The molecule has 3 heteroatoms. The third-order valence-electron chi connectivity index (χ3n) is 4.32. The molecular weight excluding hydrogens is 228 g/mol. The van der Waals surface area contributed by atoms with Crippen LogP contribution in [0.3, 0.4) is 0 Å². The van der Waals surface area contributed by atoms with E-state index in [0.717, 1.165) is 5.92 Å². The predicted molar refractivity (Wildman–Crippen MR) is 77.8 cm³/mol. The second kappa shape index (κ2) is 5.64. The molecule has 1 heterocycles. The Morgan fingerprint density at radius 2 is 2.12 bits per heavy atom. The van der Waals surface area contributed by atoms with Gasteiger partial charge in [-0.05, 0) is 32.1 Å². The Bertz CT molecular complexity index is 290. The molecule has 98 valence electrons. The summed E-state index contributed by atoms with van der Waals surface area (Å²) in [5, 5.41) is 4.82. The molecule has 0 amide bonds. The van der Waals surface area contributed by atoms with Gasteiger partial charge in [-0.1, -0.05) is 44.9 Å². The highest BCUT2D eigenvalue weighted by Gasteiger charge is 2.31. The van der Waals surface area contributed by atoms with E-state index in [4.69, 9.17) is 4.99 Å². The molecule has 0 aromatic rings. The minimum Gasteiger partial charge on any atom is -0.359 e. The molecule has 1 aliphatic heterocycles. The summed E-state index contributed by atoms with van der Waals surface area (Å²) in [5.41, 5.74) is 0.275. The average molecular weight is 254 g/mol. The monoisotopic (exact) mass is 254 g/mol. The largest absolute Gasteiger partial charge is 0.359 e. The van der Waals surface area contributed by atoms with Crippen molar-refractivity contribution in [2.75, 3.05) is 5.75 Å². The van der Waals surface area contributed by atoms with Crippen LogP contribution in [0.2, 0.25) is 0 Å². The van der Waals surface area contributed by atoms with Gasteiger partial charge < -0.3 is 5.32 Å². The lowest BCUT2D eigenvalue weighted by Gasteiger charge is -2.22. The zero-order chi connectivity index (χ0) is 12.3. The van der Waals surface area contributed by atoms with Crippen molar-refractivity contribution in [3.8, 4) is 0 Å². The fourth-order valence-electron chi connectivity index (χ4n) is 2.63. The molecule has 2 nitrogen and oxygen atoms in total. The normalized spacial score (nSPS) is 41.2. The maximum Gasteiger partial charge on any atom is 0.157 e. The van der Waals surface area contributed by atoms with Crippen LogP contribution in [0.25, 0.3) is 0 Å². The minimum atomic E-state index is 0.275. The van der Waals surface area contributed by atoms with Gasteiger partial charge in [-0.15, -0.1) is 0 Å². The Hall–Kier alpha value is -0.180. The van der Waals surface area contributed by atoms with E-state index in [-0.39, 0.29) is 5.54 Å². The van der Waals surface area contributed by atoms with Crippen molar-refractivity contribution < 1.29 is 0 Å². The molecule has 2 rings (SSSR count). The predicted octanol–water partition coefficient (Wildman–Crippen LogP) is 3.82. The number of aliphatic imine (C=N–C) groups is 1. The Morgan fingerprint density at radius 3 is 2.82 bits per heavy atom. The molecule has 17 heavy (non-hydrogen) atoms. The van der Waals surface area contributed by atoms with Crippen LogP contribution >= 0.6 is 11.8 Å². The zero-order valence-corrected chi connectivity index (χ0v) is 12.3. The first-order valence-corrected chi connectivity index (χ1v) is 8.10. The van der Waals surface area contributed by atoms with Gasteiger partial charge in [0.1, 0.15) is 0 Å². The summed E-state index contributed by atoms with van der Waals surface area (Å²) in [7, 11) is 0. The molecule has 1 aliphatic carbocycles. The Balaban J connectivity index is 1.99. The van der Waals surface area contributed by atoms with E-state index >= 15 is 0 Å². The highest BCUT2D eigenvalue weighted by Crippen LogP contribution is 2.29. The van der Waals surface area contributed by atoms with Crippen LogP contribution in [0.1, 0.15) is 59.3 Å². The van der Waals surface area contributed by atoms with Crippen molar-refractivity contribution >= 4 is 16.9 Å². The highest BCUT2D eigenvalue weighted by atomic mass is 32.2. The number of hydrogen-bond donors (Lipinski definition) is 1. The molecule has 0 aromatic heterocycles. The number of nitrogens with zero attached hydrogens (tertiary/aromatic N) is 1. The van der Waals surface area contributed by atoms with Crippen LogP contribution in [0.15, 0.2) is 4.99 Å². The molecule has 1 N–H and O–H groups in total. The lowest BCUT2D eigenvalue weighted by Crippen LogP contribution is -2.40. The Kier molecular flexibility index (Phi) is 4.40. The summed E-state index contributed by atoms with van der Waals surface area (Å²) in [6.07, 6.45) is 7.99. The number of amidine groups is 1. The van der Waals surface area contributed by atoms with Crippen molar-refractivity contribution in [1.82, 2.24) is 5.32 Å². The molecule has 2 fully saturated rings. The third kappa shape index (κ3) is 3.40. The van der Waals surface area contributed by atoms with Crippen LogP contribution in [0, 0.1) is 5.92 Å². The topological polar surface area (TPSA) is 24.4 Å². The van der Waals surface area contributed by atoms with Crippen molar-refractivity contribution in [3.63, 3.8) is 0 Å².